The number of nitrogens with two attached hydrogens (primary N) is 1. The predicted molar refractivity (Wildman–Crippen MR) is 76.9 cm³/mol. The molecular weight excluding hydrogens is 254 g/mol. The Labute approximate surface area is 120 Å². The van der Waals surface area contributed by atoms with Gasteiger partial charge in [-0.2, -0.15) is 0 Å². The lowest BCUT2D eigenvalue weighted by Crippen LogP contribution is -2.44. The Balaban J connectivity index is 2.02. The van der Waals surface area contributed by atoms with E-state index in [4.69, 9.17) is 5.73 Å². The number of hydrogen-bond donors (Lipinski definition) is 1. The summed E-state index contributed by atoms with van der Waals surface area (Å²) in [6.07, 6.45) is 6.21. The monoisotopic (exact) mass is 279 g/mol. The molecule has 2 heterocycles. The normalized spacial score (nSPS) is 20.2. The Hall–Kier alpha value is -1.43. The summed E-state index contributed by atoms with van der Waals surface area (Å²) in [4.78, 5) is 14.4. The summed E-state index contributed by atoms with van der Waals surface area (Å²) >= 11 is 0. The smallest absolute Gasteiger partial charge is 0.244 e. The molecule has 1 atom stereocenters. The van der Waals surface area contributed by atoms with Gasteiger partial charge in [-0.15, -0.1) is 5.10 Å². The molecule has 0 saturated carbocycles. The molecule has 112 valence electrons. The molecule has 1 aromatic rings. The summed E-state index contributed by atoms with van der Waals surface area (Å²) in [7, 11) is 0. The van der Waals surface area contributed by atoms with Crippen molar-refractivity contribution < 1.29 is 4.79 Å². The van der Waals surface area contributed by atoms with Crippen LogP contribution in [0.5, 0.6) is 0 Å². The van der Waals surface area contributed by atoms with Gasteiger partial charge in [0.1, 0.15) is 12.2 Å². The zero-order valence-corrected chi connectivity index (χ0v) is 12.7. The van der Waals surface area contributed by atoms with E-state index in [-0.39, 0.29) is 12.5 Å². The van der Waals surface area contributed by atoms with Crippen molar-refractivity contribution >= 4 is 5.91 Å². The number of likely N-dealkylation sites (tertiary alicyclic amines) is 1. The second-order valence-corrected chi connectivity index (χ2v) is 6.17. The lowest BCUT2D eigenvalue weighted by molar-refractivity contribution is -0.135. The Bertz CT molecular complexity index is 462. The number of rotatable bonds is 4. The van der Waals surface area contributed by atoms with Crippen LogP contribution < -0.4 is 5.73 Å². The molecule has 0 radical (unpaired) electrons. The molecule has 1 aliphatic rings. The predicted octanol–water partition coefficient (Wildman–Crippen LogP) is 1.26. The standard InChI is InChI=1S/C14H25N5O/c1-4-11-7-5-6-8-19(11)13(20)10-18-9-12(16-17-18)14(2,3)15/h9,11H,4-8,10,15H2,1-3H3. The number of carbonyl (C=O) groups is 1. The molecule has 1 fully saturated rings. The summed E-state index contributed by atoms with van der Waals surface area (Å²) in [6.45, 7) is 7.00. The van der Waals surface area contributed by atoms with Crippen molar-refractivity contribution in [1.29, 1.82) is 0 Å². The quantitative estimate of drug-likeness (QED) is 0.900. The molecule has 20 heavy (non-hydrogen) atoms. The summed E-state index contributed by atoms with van der Waals surface area (Å²) in [5.41, 5.74) is 6.15. The minimum atomic E-state index is -0.529. The van der Waals surface area contributed by atoms with Gasteiger partial charge in [-0.25, -0.2) is 4.68 Å². The summed E-state index contributed by atoms with van der Waals surface area (Å²) in [5.74, 6) is 0.128. The second kappa shape index (κ2) is 5.91. The molecule has 6 heteroatoms. The molecule has 1 aromatic heterocycles. The maximum absolute atomic E-state index is 12.4. The van der Waals surface area contributed by atoms with Crippen molar-refractivity contribution in [2.75, 3.05) is 6.54 Å². The van der Waals surface area contributed by atoms with Crippen LogP contribution >= 0.6 is 0 Å². The molecule has 0 aromatic carbocycles. The highest BCUT2D eigenvalue weighted by atomic mass is 16.2. The lowest BCUT2D eigenvalue weighted by atomic mass is 10.00. The lowest BCUT2D eigenvalue weighted by Gasteiger charge is -2.35. The Morgan fingerprint density at radius 2 is 2.25 bits per heavy atom. The highest BCUT2D eigenvalue weighted by Crippen LogP contribution is 2.20. The fraction of sp³-hybridized carbons (Fsp3) is 0.786. The van der Waals surface area contributed by atoms with Gasteiger partial charge in [-0.3, -0.25) is 4.79 Å². The Morgan fingerprint density at radius 3 is 2.85 bits per heavy atom. The topological polar surface area (TPSA) is 77.0 Å². The van der Waals surface area contributed by atoms with Crippen molar-refractivity contribution in [2.24, 2.45) is 5.73 Å². The second-order valence-electron chi connectivity index (χ2n) is 6.17. The van der Waals surface area contributed by atoms with Crippen molar-refractivity contribution in [3.05, 3.63) is 11.9 Å². The van der Waals surface area contributed by atoms with Gasteiger partial charge in [0.25, 0.3) is 0 Å². The van der Waals surface area contributed by atoms with Crippen LogP contribution in [0.1, 0.15) is 52.1 Å². The minimum Gasteiger partial charge on any atom is -0.338 e. The van der Waals surface area contributed by atoms with E-state index in [0.717, 1.165) is 25.8 Å². The first-order valence-electron chi connectivity index (χ1n) is 7.40. The molecule has 2 rings (SSSR count). The van der Waals surface area contributed by atoms with Gasteiger partial charge in [0.2, 0.25) is 5.91 Å². The molecule has 1 amide bonds. The average molecular weight is 279 g/mol. The van der Waals surface area contributed by atoms with E-state index in [1.165, 1.54) is 6.42 Å². The van der Waals surface area contributed by atoms with Gasteiger partial charge < -0.3 is 10.6 Å². The molecular formula is C14H25N5O. The van der Waals surface area contributed by atoms with Gasteiger partial charge >= 0.3 is 0 Å². The van der Waals surface area contributed by atoms with Crippen LogP contribution in [0.4, 0.5) is 0 Å². The first-order chi connectivity index (χ1) is 9.41. The number of hydrogen-bond acceptors (Lipinski definition) is 4. The number of carbonyl (C=O) groups excluding carboxylic acids is 1. The van der Waals surface area contributed by atoms with E-state index in [1.54, 1.807) is 10.9 Å². The number of nitrogens with zero attached hydrogens (tertiary/aromatic N) is 4. The highest BCUT2D eigenvalue weighted by molar-refractivity contribution is 5.76. The first kappa shape index (κ1) is 15.0. The highest BCUT2D eigenvalue weighted by Gasteiger charge is 2.26. The average Bonchev–Trinajstić information content (AvgIpc) is 2.87. The van der Waals surface area contributed by atoms with Crippen LogP contribution in [0.25, 0.3) is 0 Å². The van der Waals surface area contributed by atoms with Crippen LogP contribution in [0.15, 0.2) is 6.20 Å². The molecule has 1 unspecified atom stereocenters. The van der Waals surface area contributed by atoms with Crippen molar-refractivity contribution in [3.8, 4) is 0 Å². The molecule has 0 aliphatic carbocycles. The molecule has 1 saturated heterocycles. The maximum atomic E-state index is 12.4. The van der Waals surface area contributed by atoms with Gasteiger partial charge in [0.15, 0.2) is 0 Å². The van der Waals surface area contributed by atoms with E-state index in [9.17, 15) is 4.79 Å². The third-order valence-electron chi connectivity index (χ3n) is 3.91. The van der Waals surface area contributed by atoms with Crippen LogP contribution in [0, 0.1) is 0 Å². The van der Waals surface area contributed by atoms with E-state index >= 15 is 0 Å². The minimum absolute atomic E-state index is 0.128. The largest absolute Gasteiger partial charge is 0.338 e. The Morgan fingerprint density at radius 1 is 1.50 bits per heavy atom. The number of aromatic nitrogens is 3. The third kappa shape index (κ3) is 3.36. The molecule has 6 nitrogen and oxygen atoms in total. The zero-order chi connectivity index (χ0) is 14.8. The first-order valence-corrected chi connectivity index (χ1v) is 7.40. The van der Waals surface area contributed by atoms with Gasteiger partial charge in [0, 0.05) is 12.6 Å². The van der Waals surface area contributed by atoms with E-state index in [0.29, 0.717) is 11.7 Å². The fourth-order valence-corrected chi connectivity index (χ4v) is 2.65. The zero-order valence-electron chi connectivity index (χ0n) is 12.7. The molecule has 0 bridgehead atoms. The third-order valence-corrected chi connectivity index (χ3v) is 3.91. The van der Waals surface area contributed by atoms with E-state index < -0.39 is 5.54 Å². The maximum Gasteiger partial charge on any atom is 0.244 e. The van der Waals surface area contributed by atoms with Crippen LogP contribution in [-0.2, 0) is 16.9 Å². The van der Waals surface area contributed by atoms with Gasteiger partial charge in [-0.1, -0.05) is 12.1 Å². The van der Waals surface area contributed by atoms with E-state index in [2.05, 4.69) is 17.2 Å². The number of piperidine rings is 1. The Kier molecular flexibility index (Phi) is 4.42. The molecule has 2 N–H and O–H groups in total. The summed E-state index contributed by atoms with van der Waals surface area (Å²) in [6, 6.07) is 0.380. The SMILES string of the molecule is CCC1CCCCN1C(=O)Cn1cc(C(C)(C)N)nn1. The van der Waals surface area contributed by atoms with Crippen LogP contribution in [0.3, 0.4) is 0 Å². The van der Waals surface area contributed by atoms with Crippen LogP contribution in [0.2, 0.25) is 0 Å². The van der Waals surface area contributed by atoms with E-state index in [1.807, 2.05) is 18.7 Å². The van der Waals surface area contributed by atoms with Crippen LogP contribution in [-0.4, -0.2) is 38.4 Å². The van der Waals surface area contributed by atoms with Crippen molar-refractivity contribution in [1.82, 2.24) is 19.9 Å². The van der Waals surface area contributed by atoms with Gasteiger partial charge in [0.05, 0.1) is 11.7 Å². The van der Waals surface area contributed by atoms with Crippen molar-refractivity contribution in [3.63, 3.8) is 0 Å². The molecule has 1 aliphatic heterocycles. The van der Waals surface area contributed by atoms with Gasteiger partial charge in [-0.05, 0) is 39.5 Å². The molecule has 0 spiro atoms. The fourth-order valence-electron chi connectivity index (χ4n) is 2.65. The van der Waals surface area contributed by atoms with Crippen molar-refractivity contribution in [2.45, 2.75) is 64.6 Å². The number of amides is 1. The summed E-state index contributed by atoms with van der Waals surface area (Å²) in [5, 5.41) is 8.05. The summed E-state index contributed by atoms with van der Waals surface area (Å²) < 4.78 is 1.59.